The van der Waals surface area contributed by atoms with Gasteiger partial charge < -0.3 is 9.64 Å². The summed E-state index contributed by atoms with van der Waals surface area (Å²) < 4.78 is 4.69. The van der Waals surface area contributed by atoms with E-state index in [-0.39, 0.29) is 17.3 Å². The van der Waals surface area contributed by atoms with Crippen LogP contribution < -0.4 is 0 Å². The van der Waals surface area contributed by atoms with Gasteiger partial charge in [0.25, 0.3) is 0 Å². The first-order chi connectivity index (χ1) is 8.15. The van der Waals surface area contributed by atoms with Crippen LogP contribution in [0.5, 0.6) is 0 Å². The Morgan fingerprint density at radius 3 is 2.53 bits per heavy atom. The Morgan fingerprint density at radius 1 is 1.35 bits per heavy atom. The number of carbonyl (C=O) groups is 2. The van der Waals surface area contributed by atoms with Gasteiger partial charge in [0.2, 0.25) is 5.91 Å². The summed E-state index contributed by atoms with van der Waals surface area (Å²) in [5.74, 6) is 1.58. The van der Waals surface area contributed by atoms with Crippen LogP contribution in [0, 0.1) is 5.41 Å². The zero-order valence-electron chi connectivity index (χ0n) is 10.2. The van der Waals surface area contributed by atoms with Crippen LogP contribution in [0.4, 0.5) is 0 Å². The highest BCUT2D eigenvalue weighted by Gasteiger charge is 2.44. The summed E-state index contributed by atoms with van der Waals surface area (Å²) in [6.45, 7) is 1.85. The molecule has 1 saturated carbocycles. The maximum absolute atomic E-state index is 11.6. The van der Waals surface area contributed by atoms with Crippen molar-refractivity contribution in [2.45, 2.75) is 25.7 Å². The molecule has 2 fully saturated rings. The number of esters is 1. The summed E-state index contributed by atoms with van der Waals surface area (Å²) in [5, 5.41) is 0. The van der Waals surface area contributed by atoms with Crippen molar-refractivity contribution in [1.82, 2.24) is 4.90 Å². The molecular formula is C12H19NO3S. The molecule has 1 aliphatic carbocycles. The molecule has 96 valence electrons. The zero-order chi connectivity index (χ0) is 12.3. The lowest BCUT2D eigenvalue weighted by molar-refractivity contribution is -0.141. The van der Waals surface area contributed by atoms with Gasteiger partial charge >= 0.3 is 5.97 Å². The molecule has 0 bridgehead atoms. The van der Waals surface area contributed by atoms with Gasteiger partial charge in [-0.3, -0.25) is 9.59 Å². The van der Waals surface area contributed by atoms with Gasteiger partial charge in [-0.25, -0.2) is 0 Å². The molecule has 2 aliphatic rings. The Labute approximate surface area is 106 Å². The lowest BCUT2D eigenvalue weighted by Gasteiger charge is -2.30. The minimum Gasteiger partial charge on any atom is -0.469 e. The van der Waals surface area contributed by atoms with E-state index in [1.54, 1.807) is 11.8 Å². The Hall–Kier alpha value is -0.710. The number of rotatable bonds is 6. The quantitative estimate of drug-likeness (QED) is 0.673. The second kappa shape index (κ2) is 5.29. The monoisotopic (exact) mass is 257 g/mol. The molecule has 0 radical (unpaired) electrons. The van der Waals surface area contributed by atoms with E-state index in [1.807, 2.05) is 4.90 Å². The van der Waals surface area contributed by atoms with Crippen LogP contribution in [-0.4, -0.2) is 48.5 Å². The van der Waals surface area contributed by atoms with Gasteiger partial charge in [0.1, 0.15) is 0 Å². The largest absolute Gasteiger partial charge is 0.469 e. The first-order valence-corrected chi connectivity index (χ1v) is 7.23. The number of amides is 1. The van der Waals surface area contributed by atoms with Crippen LogP contribution in [0.1, 0.15) is 25.7 Å². The van der Waals surface area contributed by atoms with Crippen LogP contribution in [0.15, 0.2) is 0 Å². The van der Waals surface area contributed by atoms with Gasteiger partial charge in [0.15, 0.2) is 0 Å². The van der Waals surface area contributed by atoms with E-state index in [2.05, 4.69) is 0 Å². The van der Waals surface area contributed by atoms with Crippen molar-refractivity contribution in [1.29, 1.82) is 0 Å². The molecule has 1 heterocycles. The molecule has 5 heteroatoms. The summed E-state index contributed by atoms with van der Waals surface area (Å²) in [6.07, 6.45) is 3.83. The van der Waals surface area contributed by atoms with Gasteiger partial charge in [-0.2, -0.15) is 11.8 Å². The molecule has 17 heavy (non-hydrogen) atoms. The van der Waals surface area contributed by atoms with Crippen molar-refractivity contribution in [3.05, 3.63) is 0 Å². The lowest BCUT2D eigenvalue weighted by Crippen LogP contribution is -2.43. The highest BCUT2D eigenvalue weighted by atomic mass is 32.2. The summed E-state index contributed by atoms with van der Waals surface area (Å²) in [4.78, 5) is 24.7. The number of carbonyl (C=O) groups excluding carboxylic acids is 2. The summed E-state index contributed by atoms with van der Waals surface area (Å²) >= 11 is 1.66. The molecular weight excluding hydrogens is 238 g/mol. The number of hydrogen-bond donors (Lipinski definition) is 0. The predicted octanol–water partition coefficient (Wildman–Crippen LogP) is 1.30. The number of ether oxygens (including phenoxy) is 1. The molecule has 4 nitrogen and oxygen atoms in total. The first kappa shape index (κ1) is 12.7. The fourth-order valence-corrected chi connectivity index (χ4v) is 3.22. The SMILES string of the molecule is COC(=O)CC1(CSCC(=O)N2CCC2)CC1. The Morgan fingerprint density at radius 2 is 2.06 bits per heavy atom. The van der Waals surface area contributed by atoms with Crippen molar-refractivity contribution >= 4 is 23.6 Å². The first-order valence-electron chi connectivity index (χ1n) is 6.08. The van der Waals surface area contributed by atoms with E-state index in [9.17, 15) is 9.59 Å². The Kier molecular flexibility index (Phi) is 3.97. The second-order valence-electron chi connectivity index (χ2n) is 4.98. The maximum atomic E-state index is 11.6. The van der Waals surface area contributed by atoms with Crippen molar-refractivity contribution in [3.63, 3.8) is 0 Å². The molecule has 0 spiro atoms. The van der Waals surface area contributed by atoms with Crippen LogP contribution in [0.25, 0.3) is 0 Å². The molecule has 1 aliphatic heterocycles. The fraction of sp³-hybridized carbons (Fsp3) is 0.833. The van der Waals surface area contributed by atoms with Crippen LogP contribution in [-0.2, 0) is 14.3 Å². The van der Waals surface area contributed by atoms with Crippen LogP contribution in [0.2, 0.25) is 0 Å². The van der Waals surface area contributed by atoms with E-state index in [0.29, 0.717) is 12.2 Å². The summed E-state index contributed by atoms with van der Waals surface area (Å²) in [5.41, 5.74) is 0.132. The molecule has 0 aromatic heterocycles. The third-order valence-corrected chi connectivity index (χ3v) is 4.81. The number of methoxy groups -OCH3 is 1. The molecule has 1 amide bonds. The smallest absolute Gasteiger partial charge is 0.306 e. The molecule has 2 rings (SSSR count). The van der Waals surface area contributed by atoms with E-state index >= 15 is 0 Å². The predicted molar refractivity (Wildman–Crippen MR) is 66.8 cm³/mol. The normalized spacial score (nSPS) is 20.6. The molecule has 0 N–H and O–H groups in total. The molecule has 0 aromatic carbocycles. The topological polar surface area (TPSA) is 46.6 Å². The average molecular weight is 257 g/mol. The number of likely N-dealkylation sites (tertiary alicyclic amines) is 1. The van der Waals surface area contributed by atoms with Crippen molar-refractivity contribution in [2.24, 2.45) is 5.41 Å². The lowest BCUT2D eigenvalue weighted by atomic mass is 10.1. The summed E-state index contributed by atoms with van der Waals surface area (Å²) in [6, 6.07) is 0. The number of hydrogen-bond acceptors (Lipinski definition) is 4. The van der Waals surface area contributed by atoms with Gasteiger partial charge in [-0.1, -0.05) is 0 Å². The minimum atomic E-state index is -0.128. The van der Waals surface area contributed by atoms with Gasteiger partial charge in [0, 0.05) is 13.1 Å². The van der Waals surface area contributed by atoms with Crippen molar-refractivity contribution < 1.29 is 14.3 Å². The maximum Gasteiger partial charge on any atom is 0.306 e. The Bertz CT molecular complexity index is 311. The van der Waals surface area contributed by atoms with Gasteiger partial charge in [-0.05, 0) is 30.4 Å². The van der Waals surface area contributed by atoms with E-state index in [4.69, 9.17) is 4.74 Å². The fourth-order valence-electron chi connectivity index (χ4n) is 1.94. The van der Waals surface area contributed by atoms with Gasteiger partial charge in [-0.15, -0.1) is 0 Å². The second-order valence-corrected chi connectivity index (χ2v) is 5.97. The van der Waals surface area contributed by atoms with Crippen molar-refractivity contribution in [3.8, 4) is 0 Å². The zero-order valence-corrected chi connectivity index (χ0v) is 11.1. The molecule has 0 unspecified atom stereocenters. The molecule has 0 atom stereocenters. The highest BCUT2D eigenvalue weighted by molar-refractivity contribution is 7.99. The number of thioether (sulfide) groups is 1. The molecule has 0 aromatic rings. The van der Waals surface area contributed by atoms with E-state index in [0.717, 1.165) is 38.1 Å². The van der Waals surface area contributed by atoms with E-state index < -0.39 is 0 Å². The number of nitrogens with zero attached hydrogens (tertiary/aromatic N) is 1. The third kappa shape index (κ3) is 3.37. The van der Waals surface area contributed by atoms with Crippen LogP contribution >= 0.6 is 11.8 Å². The summed E-state index contributed by atoms with van der Waals surface area (Å²) in [7, 11) is 1.43. The highest BCUT2D eigenvalue weighted by Crippen LogP contribution is 2.51. The van der Waals surface area contributed by atoms with Crippen molar-refractivity contribution in [2.75, 3.05) is 31.7 Å². The van der Waals surface area contributed by atoms with E-state index in [1.165, 1.54) is 7.11 Å². The standard InChI is InChI=1S/C12H19NO3S/c1-16-11(15)7-12(3-4-12)9-17-8-10(14)13-5-2-6-13/h2-9H2,1H3. The Balaban J connectivity index is 1.64. The average Bonchev–Trinajstić information content (AvgIpc) is 2.95. The minimum absolute atomic E-state index is 0.128. The third-order valence-electron chi connectivity index (χ3n) is 3.55. The van der Waals surface area contributed by atoms with Crippen LogP contribution in [0.3, 0.4) is 0 Å². The van der Waals surface area contributed by atoms with Gasteiger partial charge in [0.05, 0.1) is 19.3 Å². The molecule has 1 saturated heterocycles.